The lowest BCUT2D eigenvalue weighted by Crippen LogP contribution is -2.39. The van der Waals surface area contributed by atoms with Crippen molar-refractivity contribution in [3.8, 4) is 5.75 Å². The molecule has 0 spiro atoms. The van der Waals surface area contributed by atoms with Crippen LogP contribution in [0, 0.1) is 13.8 Å². The van der Waals surface area contributed by atoms with Crippen LogP contribution in [0.4, 0.5) is 5.13 Å². The highest BCUT2D eigenvalue weighted by Gasteiger charge is 2.22. The van der Waals surface area contributed by atoms with Crippen LogP contribution in [0.25, 0.3) is 10.2 Å². The number of aryl methyl sites for hydroxylation is 2. The van der Waals surface area contributed by atoms with Gasteiger partial charge in [0.2, 0.25) is 0 Å². The fourth-order valence-corrected chi connectivity index (χ4v) is 4.97. The zero-order valence-corrected chi connectivity index (χ0v) is 19.2. The second-order valence-electron chi connectivity index (χ2n) is 7.92. The fourth-order valence-electron chi connectivity index (χ4n) is 3.93. The molecule has 0 aliphatic carbocycles. The second kappa shape index (κ2) is 9.77. The molecule has 2 heterocycles. The minimum atomic E-state index is -0.0296. The Hall–Kier alpha value is -2.48. The average Bonchev–Trinajstić information content (AvgIpc) is 3.21. The Balaban J connectivity index is 1.59. The quantitative estimate of drug-likeness (QED) is 0.550. The highest BCUT2D eigenvalue weighted by molar-refractivity contribution is 7.22. The first-order valence-corrected chi connectivity index (χ1v) is 11.5. The number of hydrogen-bond acceptors (Lipinski definition) is 6. The van der Waals surface area contributed by atoms with Crippen LogP contribution in [-0.2, 0) is 4.74 Å². The molecule has 1 amide bonds. The van der Waals surface area contributed by atoms with E-state index in [1.165, 1.54) is 11.1 Å². The molecule has 1 fully saturated rings. The molecule has 164 valence electrons. The molecular weight excluding hydrogens is 410 g/mol. The van der Waals surface area contributed by atoms with Crippen LogP contribution in [-0.4, -0.2) is 62.3 Å². The van der Waals surface area contributed by atoms with Crippen LogP contribution in [0.15, 0.2) is 36.4 Å². The molecule has 1 aromatic heterocycles. The van der Waals surface area contributed by atoms with Gasteiger partial charge in [0.25, 0.3) is 5.91 Å². The van der Waals surface area contributed by atoms with Crippen molar-refractivity contribution in [2.45, 2.75) is 20.3 Å². The molecule has 7 heteroatoms. The fraction of sp³-hybridized carbons (Fsp3) is 0.417. The summed E-state index contributed by atoms with van der Waals surface area (Å²) in [6, 6.07) is 11.5. The maximum Gasteiger partial charge on any atom is 0.260 e. The number of nitrogens with zero attached hydrogens (tertiary/aromatic N) is 3. The summed E-state index contributed by atoms with van der Waals surface area (Å²) in [5.74, 6) is 0.708. The average molecular weight is 440 g/mol. The monoisotopic (exact) mass is 439 g/mol. The summed E-state index contributed by atoms with van der Waals surface area (Å²) in [5.41, 5.74) is 3.98. The van der Waals surface area contributed by atoms with Crippen LogP contribution in [0.2, 0.25) is 0 Å². The van der Waals surface area contributed by atoms with Crippen molar-refractivity contribution in [3.63, 3.8) is 0 Å². The summed E-state index contributed by atoms with van der Waals surface area (Å²) < 4.78 is 11.8. The van der Waals surface area contributed by atoms with Crippen molar-refractivity contribution >= 4 is 32.6 Å². The van der Waals surface area contributed by atoms with Crippen molar-refractivity contribution < 1.29 is 14.3 Å². The van der Waals surface area contributed by atoms with Gasteiger partial charge in [-0.05, 0) is 61.7 Å². The zero-order valence-electron chi connectivity index (χ0n) is 18.4. The SMILES string of the molecule is COc1ccc(C(=O)N(CCCN2CCOCC2)c2nc3cc(C)cc(C)c3s2)cc1. The number of methoxy groups -OCH3 is 1. The Kier molecular flexibility index (Phi) is 6.85. The molecule has 2 aromatic carbocycles. The number of fused-ring (bicyclic) bond motifs is 1. The second-order valence-corrected chi connectivity index (χ2v) is 8.90. The van der Waals surface area contributed by atoms with Gasteiger partial charge in [-0.3, -0.25) is 14.6 Å². The van der Waals surface area contributed by atoms with E-state index in [4.69, 9.17) is 14.5 Å². The van der Waals surface area contributed by atoms with E-state index in [1.807, 2.05) is 29.2 Å². The molecule has 1 aliphatic rings. The standard InChI is InChI=1S/C24H29N3O3S/c1-17-15-18(2)22-21(16-17)25-24(31-22)27(10-4-9-26-11-13-30-14-12-26)23(28)19-5-7-20(29-3)8-6-19/h5-8,15-16H,4,9-14H2,1-3H3. The highest BCUT2D eigenvalue weighted by atomic mass is 32.1. The van der Waals surface area contributed by atoms with Crippen molar-refractivity contribution in [1.82, 2.24) is 9.88 Å². The molecule has 31 heavy (non-hydrogen) atoms. The molecule has 1 aliphatic heterocycles. The van der Waals surface area contributed by atoms with Gasteiger partial charge >= 0.3 is 0 Å². The molecule has 3 aromatic rings. The largest absolute Gasteiger partial charge is 0.497 e. The highest BCUT2D eigenvalue weighted by Crippen LogP contribution is 2.33. The molecule has 6 nitrogen and oxygen atoms in total. The van der Waals surface area contributed by atoms with Crippen molar-refractivity contribution in [2.24, 2.45) is 0 Å². The van der Waals surface area contributed by atoms with Crippen LogP contribution >= 0.6 is 11.3 Å². The van der Waals surface area contributed by atoms with E-state index >= 15 is 0 Å². The smallest absolute Gasteiger partial charge is 0.260 e. The summed E-state index contributed by atoms with van der Waals surface area (Å²) in [6.07, 6.45) is 0.885. The van der Waals surface area contributed by atoms with E-state index in [0.717, 1.165) is 60.4 Å². The lowest BCUT2D eigenvalue weighted by atomic mass is 10.1. The van der Waals surface area contributed by atoms with E-state index in [9.17, 15) is 4.79 Å². The van der Waals surface area contributed by atoms with Gasteiger partial charge < -0.3 is 9.47 Å². The van der Waals surface area contributed by atoms with Gasteiger partial charge in [0, 0.05) is 31.7 Å². The number of ether oxygens (including phenoxy) is 2. The normalized spacial score (nSPS) is 14.7. The summed E-state index contributed by atoms with van der Waals surface area (Å²) in [4.78, 5) is 22.5. The predicted molar refractivity (Wildman–Crippen MR) is 126 cm³/mol. The minimum Gasteiger partial charge on any atom is -0.497 e. The number of carbonyl (C=O) groups is 1. The van der Waals surface area contributed by atoms with E-state index in [2.05, 4.69) is 30.9 Å². The van der Waals surface area contributed by atoms with Crippen molar-refractivity contribution in [2.75, 3.05) is 51.4 Å². The summed E-state index contributed by atoms with van der Waals surface area (Å²) >= 11 is 1.59. The summed E-state index contributed by atoms with van der Waals surface area (Å²) in [5, 5.41) is 0.756. The number of anilines is 1. The van der Waals surface area contributed by atoms with Gasteiger partial charge in [-0.25, -0.2) is 4.98 Å². The Morgan fingerprint density at radius 3 is 2.65 bits per heavy atom. The minimum absolute atomic E-state index is 0.0296. The first-order valence-electron chi connectivity index (χ1n) is 10.7. The molecular formula is C24H29N3O3S. The molecule has 0 radical (unpaired) electrons. The van der Waals surface area contributed by atoms with E-state index in [-0.39, 0.29) is 5.91 Å². The third kappa shape index (κ3) is 5.06. The number of amides is 1. The van der Waals surface area contributed by atoms with Crippen LogP contribution < -0.4 is 9.64 Å². The lowest BCUT2D eigenvalue weighted by Gasteiger charge is -2.27. The molecule has 0 bridgehead atoms. The maximum absolute atomic E-state index is 13.5. The Morgan fingerprint density at radius 1 is 1.19 bits per heavy atom. The van der Waals surface area contributed by atoms with E-state index in [1.54, 1.807) is 18.4 Å². The Labute approximate surface area is 187 Å². The molecule has 0 unspecified atom stereocenters. The van der Waals surface area contributed by atoms with Gasteiger partial charge in [0.05, 0.1) is 30.5 Å². The van der Waals surface area contributed by atoms with Gasteiger partial charge in [0.1, 0.15) is 5.75 Å². The topological polar surface area (TPSA) is 54.9 Å². The molecule has 0 atom stereocenters. The number of rotatable bonds is 7. The van der Waals surface area contributed by atoms with Crippen LogP contribution in [0.3, 0.4) is 0 Å². The van der Waals surface area contributed by atoms with Gasteiger partial charge in [-0.1, -0.05) is 17.4 Å². The van der Waals surface area contributed by atoms with Crippen LogP contribution in [0.5, 0.6) is 5.75 Å². The van der Waals surface area contributed by atoms with Crippen molar-refractivity contribution in [1.29, 1.82) is 0 Å². The Bertz CT molecular complexity index is 1040. The number of benzene rings is 2. The molecule has 1 saturated heterocycles. The van der Waals surface area contributed by atoms with Gasteiger partial charge in [-0.15, -0.1) is 0 Å². The molecule has 0 N–H and O–H groups in total. The van der Waals surface area contributed by atoms with Crippen molar-refractivity contribution in [3.05, 3.63) is 53.1 Å². The lowest BCUT2D eigenvalue weighted by molar-refractivity contribution is 0.0376. The number of morpholine rings is 1. The number of aromatic nitrogens is 1. The van der Waals surface area contributed by atoms with Gasteiger partial charge in [0.15, 0.2) is 5.13 Å². The zero-order chi connectivity index (χ0) is 21.8. The molecule has 0 saturated carbocycles. The third-order valence-electron chi connectivity index (χ3n) is 5.58. The summed E-state index contributed by atoms with van der Waals surface area (Å²) in [7, 11) is 1.63. The Morgan fingerprint density at radius 2 is 1.94 bits per heavy atom. The number of carbonyl (C=O) groups excluding carboxylic acids is 1. The number of thiazole rings is 1. The number of hydrogen-bond donors (Lipinski definition) is 0. The first-order chi connectivity index (χ1) is 15.0. The van der Waals surface area contributed by atoms with Gasteiger partial charge in [-0.2, -0.15) is 0 Å². The maximum atomic E-state index is 13.5. The van der Waals surface area contributed by atoms with Crippen LogP contribution in [0.1, 0.15) is 27.9 Å². The summed E-state index contributed by atoms with van der Waals surface area (Å²) in [6.45, 7) is 9.21. The first kappa shape index (κ1) is 21.7. The predicted octanol–water partition coefficient (Wildman–Crippen LogP) is 4.29. The van der Waals surface area contributed by atoms with E-state index in [0.29, 0.717) is 12.1 Å². The third-order valence-corrected chi connectivity index (χ3v) is 6.81. The van der Waals surface area contributed by atoms with E-state index < -0.39 is 0 Å². The molecule has 4 rings (SSSR count).